The number of nitrogens with two attached hydrogens (primary N) is 1. The lowest BCUT2D eigenvalue weighted by Crippen LogP contribution is -2.41. The van der Waals surface area contributed by atoms with Crippen molar-refractivity contribution in [2.24, 2.45) is 11.7 Å². The first-order valence-electron chi connectivity index (χ1n) is 7.69. The summed E-state index contributed by atoms with van der Waals surface area (Å²) in [5.41, 5.74) is 6.30. The lowest BCUT2D eigenvalue weighted by atomic mass is 10.1. The quantitative estimate of drug-likeness (QED) is 0.798. The molecule has 1 aliphatic heterocycles. The smallest absolute Gasteiger partial charge is 0.224 e. The molecular formula is C15H23N5O3. The molecule has 1 unspecified atom stereocenters. The fourth-order valence-electron chi connectivity index (χ4n) is 2.66. The average molecular weight is 321 g/mol. The highest BCUT2D eigenvalue weighted by atomic mass is 16.2. The van der Waals surface area contributed by atoms with E-state index in [1.807, 2.05) is 19.2 Å². The van der Waals surface area contributed by atoms with Crippen LogP contribution in [0.4, 0.5) is 0 Å². The van der Waals surface area contributed by atoms with Gasteiger partial charge in [-0.3, -0.25) is 19.1 Å². The second-order valence-corrected chi connectivity index (χ2v) is 5.87. The molecule has 1 fully saturated rings. The molecule has 0 saturated carbocycles. The van der Waals surface area contributed by atoms with E-state index in [2.05, 4.69) is 5.10 Å². The zero-order valence-corrected chi connectivity index (χ0v) is 13.6. The molecule has 0 bridgehead atoms. The fraction of sp³-hybridized carbons (Fsp3) is 0.600. The van der Waals surface area contributed by atoms with Crippen LogP contribution in [0.5, 0.6) is 0 Å². The molecule has 1 aliphatic rings. The van der Waals surface area contributed by atoms with Crippen molar-refractivity contribution in [3.63, 3.8) is 0 Å². The molecule has 1 atom stereocenters. The molecule has 8 heteroatoms. The van der Waals surface area contributed by atoms with Crippen LogP contribution in [0.1, 0.15) is 19.0 Å². The summed E-state index contributed by atoms with van der Waals surface area (Å²) in [5.74, 6) is -1.19. The van der Waals surface area contributed by atoms with Gasteiger partial charge in [-0.05, 0) is 13.0 Å². The first kappa shape index (κ1) is 17.0. The van der Waals surface area contributed by atoms with E-state index in [9.17, 15) is 14.4 Å². The second kappa shape index (κ2) is 7.26. The molecule has 0 aliphatic carbocycles. The number of nitrogens with zero attached hydrogens (tertiary/aromatic N) is 4. The van der Waals surface area contributed by atoms with Crippen molar-refractivity contribution in [1.29, 1.82) is 0 Å². The van der Waals surface area contributed by atoms with Gasteiger partial charge in [-0.25, -0.2) is 0 Å². The van der Waals surface area contributed by atoms with Crippen LogP contribution in [0.3, 0.4) is 0 Å². The van der Waals surface area contributed by atoms with Crippen molar-refractivity contribution in [1.82, 2.24) is 19.6 Å². The minimum atomic E-state index is -0.530. The summed E-state index contributed by atoms with van der Waals surface area (Å²) >= 11 is 0. The van der Waals surface area contributed by atoms with E-state index >= 15 is 0 Å². The van der Waals surface area contributed by atoms with Gasteiger partial charge in [0, 0.05) is 52.3 Å². The maximum atomic E-state index is 12.4. The highest BCUT2D eigenvalue weighted by Crippen LogP contribution is 2.11. The highest BCUT2D eigenvalue weighted by molar-refractivity contribution is 5.81. The summed E-state index contributed by atoms with van der Waals surface area (Å²) in [4.78, 5) is 38.7. The van der Waals surface area contributed by atoms with E-state index in [0.717, 1.165) is 5.69 Å². The predicted octanol–water partition coefficient (Wildman–Crippen LogP) is -0.626. The Hall–Kier alpha value is -2.38. The van der Waals surface area contributed by atoms with Gasteiger partial charge in [0.1, 0.15) is 0 Å². The Morgan fingerprint density at radius 2 is 1.91 bits per heavy atom. The summed E-state index contributed by atoms with van der Waals surface area (Å²) in [5, 5.41) is 4.24. The van der Waals surface area contributed by atoms with Crippen LogP contribution < -0.4 is 5.73 Å². The molecule has 3 amide bonds. The maximum Gasteiger partial charge on any atom is 0.224 e. The minimum Gasteiger partial charge on any atom is -0.369 e. The van der Waals surface area contributed by atoms with Crippen LogP contribution in [0.2, 0.25) is 0 Å². The number of hydrogen-bond acceptors (Lipinski definition) is 4. The number of carbonyl (C=O) groups excluding carboxylic acids is 3. The lowest BCUT2D eigenvalue weighted by molar-refractivity contribution is -0.133. The molecule has 1 aromatic rings. The van der Waals surface area contributed by atoms with Gasteiger partial charge in [0.25, 0.3) is 0 Å². The monoisotopic (exact) mass is 321 g/mol. The van der Waals surface area contributed by atoms with Crippen LogP contribution in [0.15, 0.2) is 12.3 Å². The Bertz CT molecular complexity index is 598. The first-order chi connectivity index (χ1) is 10.9. The molecule has 1 saturated heterocycles. The zero-order chi connectivity index (χ0) is 17.0. The topological polar surface area (TPSA) is 102 Å². The maximum absolute atomic E-state index is 12.4. The molecular weight excluding hydrogens is 298 g/mol. The molecule has 126 valence electrons. The fourth-order valence-corrected chi connectivity index (χ4v) is 2.66. The van der Waals surface area contributed by atoms with E-state index in [4.69, 9.17) is 5.73 Å². The normalized spacial score (nSPS) is 18.6. The molecule has 0 spiro atoms. The number of rotatable bonds is 4. The van der Waals surface area contributed by atoms with Gasteiger partial charge in [0.2, 0.25) is 17.7 Å². The molecule has 2 rings (SSSR count). The predicted molar refractivity (Wildman–Crippen MR) is 83.1 cm³/mol. The van der Waals surface area contributed by atoms with Gasteiger partial charge in [0.15, 0.2) is 0 Å². The Labute approximate surface area is 135 Å². The van der Waals surface area contributed by atoms with Gasteiger partial charge in [-0.2, -0.15) is 5.10 Å². The number of primary amides is 1. The van der Waals surface area contributed by atoms with Crippen LogP contribution in [-0.2, 0) is 20.9 Å². The molecule has 0 aromatic carbocycles. The summed E-state index contributed by atoms with van der Waals surface area (Å²) in [6, 6.07) is 1.88. The molecule has 2 heterocycles. The number of aromatic nitrogens is 2. The number of hydrogen-bond donors (Lipinski definition) is 1. The Kier molecular flexibility index (Phi) is 5.36. The van der Waals surface area contributed by atoms with E-state index in [1.165, 1.54) is 6.92 Å². The SMILES string of the molecule is CC(=O)N1CCN(C(=O)CCn2ccc(C)n2)CC(C(N)=O)C1. The van der Waals surface area contributed by atoms with Crippen LogP contribution in [-0.4, -0.2) is 63.5 Å². The van der Waals surface area contributed by atoms with Crippen LogP contribution in [0.25, 0.3) is 0 Å². The van der Waals surface area contributed by atoms with E-state index in [0.29, 0.717) is 26.1 Å². The molecule has 2 N–H and O–H groups in total. The standard InChI is InChI=1S/C15H23N5O3/c1-11-3-5-20(17-11)6-4-14(22)19-8-7-18(12(2)21)9-13(10-19)15(16)23/h3,5,13H,4,6-10H2,1-2H3,(H2,16,23). The lowest BCUT2D eigenvalue weighted by Gasteiger charge is -2.22. The van der Waals surface area contributed by atoms with Crippen molar-refractivity contribution in [3.05, 3.63) is 18.0 Å². The first-order valence-corrected chi connectivity index (χ1v) is 7.69. The van der Waals surface area contributed by atoms with Crippen molar-refractivity contribution < 1.29 is 14.4 Å². The summed E-state index contributed by atoms with van der Waals surface area (Å²) in [6.07, 6.45) is 2.13. The Morgan fingerprint density at radius 3 is 2.48 bits per heavy atom. The molecule has 8 nitrogen and oxygen atoms in total. The number of amides is 3. The van der Waals surface area contributed by atoms with Gasteiger partial charge in [-0.15, -0.1) is 0 Å². The van der Waals surface area contributed by atoms with Crippen molar-refractivity contribution >= 4 is 17.7 Å². The molecule has 1 aromatic heterocycles. The Balaban J connectivity index is 1.98. The third-order valence-corrected chi connectivity index (χ3v) is 4.05. The Morgan fingerprint density at radius 1 is 1.26 bits per heavy atom. The van der Waals surface area contributed by atoms with Crippen molar-refractivity contribution in [2.75, 3.05) is 26.2 Å². The zero-order valence-electron chi connectivity index (χ0n) is 13.6. The second-order valence-electron chi connectivity index (χ2n) is 5.87. The van der Waals surface area contributed by atoms with Gasteiger partial charge in [-0.1, -0.05) is 0 Å². The van der Waals surface area contributed by atoms with Crippen LogP contribution in [0, 0.1) is 12.8 Å². The third-order valence-electron chi connectivity index (χ3n) is 4.05. The van der Waals surface area contributed by atoms with Gasteiger partial charge >= 0.3 is 0 Å². The van der Waals surface area contributed by atoms with Crippen LogP contribution >= 0.6 is 0 Å². The highest BCUT2D eigenvalue weighted by Gasteiger charge is 2.29. The summed E-state index contributed by atoms with van der Waals surface area (Å²) < 4.78 is 1.72. The van der Waals surface area contributed by atoms with E-state index in [-0.39, 0.29) is 24.9 Å². The molecule has 23 heavy (non-hydrogen) atoms. The van der Waals surface area contributed by atoms with Crippen molar-refractivity contribution in [3.8, 4) is 0 Å². The molecule has 0 radical (unpaired) electrons. The summed E-state index contributed by atoms with van der Waals surface area (Å²) in [6.45, 7) is 5.20. The number of carbonyl (C=O) groups is 3. The third kappa shape index (κ3) is 4.54. The minimum absolute atomic E-state index is 0.0604. The largest absolute Gasteiger partial charge is 0.369 e. The summed E-state index contributed by atoms with van der Waals surface area (Å²) in [7, 11) is 0. The number of aryl methyl sites for hydroxylation is 2. The van der Waals surface area contributed by atoms with E-state index in [1.54, 1.807) is 14.5 Å². The van der Waals surface area contributed by atoms with Crippen molar-refractivity contribution in [2.45, 2.75) is 26.8 Å². The van der Waals surface area contributed by atoms with E-state index < -0.39 is 11.8 Å². The van der Waals surface area contributed by atoms with Gasteiger partial charge < -0.3 is 15.5 Å². The van der Waals surface area contributed by atoms with Gasteiger partial charge in [0.05, 0.1) is 11.6 Å². The average Bonchev–Trinajstić information content (AvgIpc) is 2.77.